The lowest BCUT2D eigenvalue weighted by Gasteiger charge is -2.13. The molecule has 1 aromatic rings. The van der Waals surface area contributed by atoms with Gasteiger partial charge in [0, 0.05) is 11.9 Å². The molecule has 7 nitrogen and oxygen atoms in total. The Morgan fingerprint density at radius 1 is 1.20 bits per heavy atom. The number of hydrogen-bond donors (Lipinski definition) is 2. The average molecular weight is 292 g/mol. The van der Waals surface area contributed by atoms with Crippen molar-refractivity contribution in [3.05, 3.63) is 60.6 Å². The molecule has 1 aromatic carbocycles. The molecule has 0 fully saturated rings. The molecular weight excluding hydrogens is 280 g/mol. The molecule has 8 heteroatoms. The largest absolute Gasteiger partial charge is 0.399 e. The predicted octanol–water partition coefficient (Wildman–Crippen LogP) is 2.03. The van der Waals surface area contributed by atoms with Gasteiger partial charge < -0.3 is 5.73 Å². The third-order valence-corrected chi connectivity index (χ3v) is 3.57. The van der Waals surface area contributed by atoms with Crippen LogP contribution in [0.25, 0.3) is 0 Å². The number of benzene rings is 1. The molecule has 0 unspecified atom stereocenters. The van der Waals surface area contributed by atoms with Crippen LogP contribution in [0, 0.1) is 0 Å². The Bertz CT molecular complexity index is 703. The molecular formula is C12H12N4O3S. The van der Waals surface area contributed by atoms with E-state index in [2.05, 4.69) is 9.63 Å². The van der Waals surface area contributed by atoms with E-state index in [4.69, 9.17) is 5.73 Å². The first kappa shape index (κ1) is 14.0. The Hall–Kier alpha value is -2.45. The van der Waals surface area contributed by atoms with E-state index >= 15 is 0 Å². The van der Waals surface area contributed by atoms with Gasteiger partial charge in [-0.3, -0.25) is 5.21 Å². The molecule has 0 bridgehead atoms. The number of anilines is 1. The fourth-order valence-corrected chi connectivity index (χ4v) is 2.13. The fraction of sp³-hybridized carbons (Fsp3) is 0. The van der Waals surface area contributed by atoms with Crippen molar-refractivity contribution in [3.8, 4) is 0 Å². The second-order valence-electron chi connectivity index (χ2n) is 3.84. The van der Waals surface area contributed by atoms with Crippen LogP contribution in [0.1, 0.15) is 0 Å². The van der Waals surface area contributed by atoms with E-state index in [1.54, 1.807) is 18.2 Å². The second kappa shape index (κ2) is 5.68. The smallest absolute Gasteiger partial charge is 0.299 e. The molecule has 0 aliphatic carbocycles. The van der Waals surface area contributed by atoms with E-state index in [0.717, 1.165) is 11.3 Å². The van der Waals surface area contributed by atoms with Gasteiger partial charge in [-0.2, -0.15) is 8.42 Å². The summed E-state index contributed by atoms with van der Waals surface area (Å²) in [7, 11) is -3.88. The van der Waals surface area contributed by atoms with Crippen LogP contribution >= 0.6 is 0 Å². The van der Waals surface area contributed by atoms with Crippen molar-refractivity contribution in [1.82, 2.24) is 5.06 Å². The maximum Gasteiger partial charge on any atom is 0.299 e. The van der Waals surface area contributed by atoms with Crippen LogP contribution in [0.15, 0.2) is 75.1 Å². The zero-order chi connectivity index (χ0) is 14.6. The minimum absolute atomic E-state index is 0.00575. The summed E-state index contributed by atoms with van der Waals surface area (Å²) in [5.74, 6) is 0. The monoisotopic (exact) mass is 292 g/mol. The highest BCUT2D eigenvalue weighted by Crippen LogP contribution is 2.15. The first-order chi connectivity index (χ1) is 9.49. The Balaban J connectivity index is 2.18. The van der Waals surface area contributed by atoms with Crippen molar-refractivity contribution in [2.24, 2.45) is 9.63 Å². The third-order valence-electron chi connectivity index (χ3n) is 2.39. The normalized spacial score (nSPS) is 17.2. The highest BCUT2D eigenvalue weighted by atomic mass is 32.2. The van der Waals surface area contributed by atoms with Crippen LogP contribution in [0.4, 0.5) is 5.69 Å². The van der Waals surface area contributed by atoms with Crippen molar-refractivity contribution in [2.45, 2.75) is 4.90 Å². The number of sulfonamides is 1. The number of hydrogen-bond acceptors (Lipinski definition) is 6. The van der Waals surface area contributed by atoms with Gasteiger partial charge in [-0.25, -0.2) is 5.06 Å². The maximum absolute atomic E-state index is 11.8. The summed E-state index contributed by atoms with van der Waals surface area (Å²) in [6, 6.07) is 5.62. The fourth-order valence-electron chi connectivity index (χ4n) is 1.38. The van der Waals surface area contributed by atoms with Gasteiger partial charge in [-0.05, 0) is 36.4 Å². The van der Waals surface area contributed by atoms with Gasteiger partial charge >= 0.3 is 0 Å². The van der Waals surface area contributed by atoms with E-state index in [1.807, 2.05) is 0 Å². The third kappa shape index (κ3) is 3.31. The molecule has 0 amide bonds. The maximum atomic E-state index is 11.8. The summed E-state index contributed by atoms with van der Waals surface area (Å²) >= 11 is 0. The molecule has 0 radical (unpaired) electrons. The zero-order valence-corrected chi connectivity index (χ0v) is 11.1. The van der Waals surface area contributed by atoms with Gasteiger partial charge in [-0.1, -0.05) is 10.6 Å². The zero-order valence-electron chi connectivity index (χ0n) is 10.3. The lowest BCUT2D eigenvalue weighted by molar-refractivity contribution is -0.000512. The minimum atomic E-state index is -3.88. The number of hydroxylamine groups is 2. The lowest BCUT2D eigenvalue weighted by atomic mass is 10.3. The lowest BCUT2D eigenvalue weighted by Crippen LogP contribution is -2.10. The highest BCUT2D eigenvalue weighted by molar-refractivity contribution is 7.90. The van der Waals surface area contributed by atoms with Gasteiger partial charge in [0.2, 0.25) is 0 Å². The number of nitrogens with zero attached hydrogens (tertiary/aromatic N) is 3. The Labute approximate surface area is 116 Å². The number of nitrogen functional groups attached to an aromatic ring is 1. The molecule has 1 aliphatic heterocycles. The quantitative estimate of drug-likeness (QED) is 0.654. The van der Waals surface area contributed by atoms with Crippen LogP contribution in [-0.2, 0) is 10.0 Å². The Kier molecular flexibility index (Phi) is 3.97. The molecule has 104 valence electrons. The van der Waals surface area contributed by atoms with E-state index < -0.39 is 10.0 Å². The summed E-state index contributed by atoms with van der Waals surface area (Å²) in [6.45, 7) is 0. The van der Waals surface area contributed by atoms with Crippen LogP contribution in [-0.4, -0.2) is 18.7 Å². The van der Waals surface area contributed by atoms with E-state index in [1.165, 1.54) is 30.5 Å². The van der Waals surface area contributed by atoms with Crippen LogP contribution in [0.5, 0.6) is 0 Å². The molecule has 3 N–H and O–H groups in total. The van der Waals surface area contributed by atoms with Gasteiger partial charge in [0.05, 0.1) is 16.8 Å². The van der Waals surface area contributed by atoms with Crippen LogP contribution in [0.3, 0.4) is 0 Å². The molecule has 1 heterocycles. The Morgan fingerprint density at radius 3 is 2.55 bits per heavy atom. The number of rotatable bonds is 3. The van der Waals surface area contributed by atoms with Crippen molar-refractivity contribution < 1.29 is 13.6 Å². The molecule has 0 atom stereocenters. The summed E-state index contributed by atoms with van der Waals surface area (Å²) in [5.41, 5.74) is 6.23. The van der Waals surface area contributed by atoms with Crippen LogP contribution < -0.4 is 5.73 Å². The van der Waals surface area contributed by atoms with Gasteiger partial charge in [0.15, 0.2) is 0 Å². The molecule has 20 heavy (non-hydrogen) atoms. The minimum Gasteiger partial charge on any atom is -0.399 e. The van der Waals surface area contributed by atoms with Crippen molar-refractivity contribution in [2.75, 3.05) is 5.73 Å². The van der Waals surface area contributed by atoms with Crippen LogP contribution in [0.2, 0.25) is 0 Å². The SMILES string of the molecule is Nc1ccc(S(=O)(=O)N=N/C=C2\C=CC=CN2O)cc1. The van der Waals surface area contributed by atoms with Crippen molar-refractivity contribution in [1.29, 1.82) is 0 Å². The highest BCUT2D eigenvalue weighted by Gasteiger charge is 2.12. The summed E-state index contributed by atoms with van der Waals surface area (Å²) in [6.07, 6.45) is 7.35. The number of nitrogens with two attached hydrogens (primary N) is 1. The van der Waals surface area contributed by atoms with Gasteiger partial charge in [0.1, 0.15) is 0 Å². The summed E-state index contributed by atoms with van der Waals surface area (Å²) in [4.78, 5) is -0.00575. The van der Waals surface area contributed by atoms with Gasteiger partial charge in [-0.15, -0.1) is 5.11 Å². The molecule has 0 saturated heterocycles. The molecule has 1 aliphatic rings. The molecule has 0 saturated carbocycles. The molecule has 0 aromatic heterocycles. The van der Waals surface area contributed by atoms with E-state index in [-0.39, 0.29) is 4.90 Å². The summed E-state index contributed by atoms with van der Waals surface area (Å²) < 4.78 is 26.9. The standard InChI is InChI=1S/C12H12N4O3S/c13-10-4-6-12(7-5-10)20(18,19)15-14-9-11-3-1-2-8-16(11)17/h1-9,17H,13H2/b11-9+,15-14?. The predicted molar refractivity (Wildman–Crippen MR) is 72.9 cm³/mol. The summed E-state index contributed by atoms with van der Waals surface area (Å²) in [5, 5.41) is 13.7. The van der Waals surface area contributed by atoms with E-state index in [0.29, 0.717) is 11.4 Å². The average Bonchev–Trinajstić information content (AvgIpc) is 2.41. The molecule has 0 spiro atoms. The number of allylic oxidation sites excluding steroid dienone is 3. The first-order valence-electron chi connectivity index (χ1n) is 5.55. The molecule has 2 rings (SSSR count). The van der Waals surface area contributed by atoms with Crippen molar-refractivity contribution in [3.63, 3.8) is 0 Å². The second-order valence-corrected chi connectivity index (χ2v) is 5.43. The first-order valence-corrected chi connectivity index (χ1v) is 6.99. The topological polar surface area (TPSA) is 108 Å². The van der Waals surface area contributed by atoms with E-state index in [9.17, 15) is 13.6 Å². The Morgan fingerprint density at radius 2 is 1.90 bits per heavy atom. The van der Waals surface area contributed by atoms with Crippen molar-refractivity contribution >= 4 is 15.7 Å². The van der Waals surface area contributed by atoms with Gasteiger partial charge in [0.25, 0.3) is 10.0 Å².